The van der Waals surface area contributed by atoms with Crippen LogP contribution >= 0.6 is 0 Å². The summed E-state index contributed by atoms with van der Waals surface area (Å²) in [6, 6.07) is 20.8. The molecule has 0 spiro atoms. The van der Waals surface area contributed by atoms with Crippen LogP contribution in [0.4, 0.5) is 0 Å². The second kappa shape index (κ2) is 8.29. The zero-order chi connectivity index (χ0) is 22.2. The fourth-order valence-corrected chi connectivity index (χ4v) is 4.44. The Labute approximate surface area is 189 Å². The fraction of sp³-hybridized carbons (Fsp3) is 0.250. The zero-order valence-corrected chi connectivity index (χ0v) is 18.7. The lowest BCUT2D eigenvalue weighted by Gasteiger charge is -2.34. The first-order valence-corrected chi connectivity index (χ1v) is 11.2. The molecule has 0 amide bonds. The van der Waals surface area contributed by atoms with Crippen LogP contribution in [0.5, 0.6) is 11.5 Å². The number of Topliss-reactive ketones (excluding diaryl/α,β-unsaturated/α-hetero) is 1. The van der Waals surface area contributed by atoms with E-state index in [9.17, 15) is 4.79 Å². The van der Waals surface area contributed by atoms with Crippen LogP contribution in [0.15, 0.2) is 66.4 Å². The van der Waals surface area contributed by atoms with E-state index >= 15 is 0 Å². The van der Waals surface area contributed by atoms with Crippen molar-refractivity contribution in [1.82, 2.24) is 4.90 Å². The van der Waals surface area contributed by atoms with E-state index in [1.54, 1.807) is 0 Å². The molecule has 0 saturated carbocycles. The number of hydrogen-bond acceptors (Lipinski definition) is 4. The maximum Gasteiger partial charge on any atom is 0.232 e. The number of ether oxygens (including phenoxy) is 2. The molecule has 4 nitrogen and oxygen atoms in total. The predicted octanol–water partition coefficient (Wildman–Crippen LogP) is 6.09. The lowest BCUT2D eigenvalue weighted by molar-refractivity contribution is 0.0605. The molecule has 0 aliphatic carbocycles. The van der Waals surface area contributed by atoms with Crippen molar-refractivity contribution in [3.05, 3.63) is 99.8 Å². The Morgan fingerprint density at radius 3 is 2.56 bits per heavy atom. The van der Waals surface area contributed by atoms with Crippen molar-refractivity contribution in [3.63, 3.8) is 0 Å². The highest BCUT2D eigenvalue weighted by Crippen LogP contribution is 2.45. The van der Waals surface area contributed by atoms with Gasteiger partial charge in [0.05, 0.1) is 11.1 Å². The summed E-state index contributed by atoms with van der Waals surface area (Å²) < 4.78 is 12.3. The van der Waals surface area contributed by atoms with Crippen LogP contribution in [0, 0.1) is 6.92 Å². The summed E-state index contributed by atoms with van der Waals surface area (Å²) in [5.74, 6) is 1.76. The summed E-state index contributed by atoms with van der Waals surface area (Å²) in [6.07, 6.45) is 2.82. The normalized spacial score (nSPS) is 17.5. The molecule has 4 heteroatoms. The number of nitrogens with zero attached hydrogens (tertiary/aromatic N) is 1. The first-order chi connectivity index (χ1) is 15.5. The SMILES string of the molecule is CCc1ccc(/C=C2\Oc3c4c(cc(C)c3C2=O)OCN(C(C)c2ccccc2)C4)cc1. The molecule has 0 radical (unpaired) electrons. The van der Waals surface area contributed by atoms with Gasteiger partial charge in [0.25, 0.3) is 0 Å². The molecule has 162 valence electrons. The van der Waals surface area contributed by atoms with Crippen LogP contribution in [0.1, 0.15) is 58.1 Å². The van der Waals surface area contributed by atoms with Gasteiger partial charge in [-0.2, -0.15) is 0 Å². The van der Waals surface area contributed by atoms with Gasteiger partial charge in [-0.05, 0) is 54.7 Å². The molecular weight excluding hydrogens is 398 g/mol. The van der Waals surface area contributed by atoms with Crippen molar-refractivity contribution in [2.45, 2.75) is 39.8 Å². The van der Waals surface area contributed by atoms with Gasteiger partial charge in [0.15, 0.2) is 5.76 Å². The second-order valence-corrected chi connectivity index (χ2v) is 8.52. The average molecular weight is 426 g/mol. The third-order valence-electron chi connectivity index (χ3n) is 6.47. The minimum Gasteiger partial charge on any atom is -0.478 e. The van der Waals surface area contributed by atoms with Crippen molar-refractivity contribution >= 4 is 11.9 Å². The molecule has 5 rings (SSSR count). The number of aryl methyl sites for hydroxylation is 2. The second-order valence-electron chi connectivity index (χ2n) is 8.52. The Kier molecular flexibility index (Phi) is 5.32. The molecule has 0 bridgehead atoms. The van der Waals surface area contributed by atoms with Crippen LogP contribution in [0.2, 0.25) is 0 Å². The Bertz CT molecular complexity index is 1200. The highest BCUT2D eigenvalue weighted by Gasteiger charge is 2.36. The minimum absolute atomic E-state index is 0.0619. The van der Waals surface area contributed by atoms with Gasteiger partial charge in [0.1, 0.15) is 18.2 Å². The van der Waals surface area contributed by atoms with Crippen molar-refractivity contribution < 1.29 is 14.3 Å². The predicted molar refractivity (Wildman–Crippen MR) is 126 cm³/mol. The third kappa shape index (κ3) is 3.61. The molecular formula is C28H27NO3. The summed E-state index contributed by atoms with van der Waals surface area (Å²) in [6.45, 7) is 7.42. The molecule has 1 atom stereocenters. The van der Waals surface area contributed by atoms with Gasteiger partial charge < -0.3 is 9.47 Å². The number of allylic oxidation sites excluding steroid dienone is 1. The molecule has 0 aromatic heterocycles. The number of carbonyl (C=O) groups excluding carboxylic acids is 1. The molecule has 32 heavy (non-hydrogen) atoms. The first kappa shape index (κ1) is 20.5. The fourth-order valence-electron chi connectivity index (χ4n) is 4.44. The molecule has 0 fully saturated rings. The van der Waals surface area contributed by atoms with Crippen LogP contribution in [0.3, 0.4) is 0 Å². The number of ketones is 1. The maximum atomic E-state index is 13.2. The number of fused-ring (bicyclic) bond motifs is 3. The highest BCUT2D eigenvalue weighted by atomic mass is 16.5. The maximum absolute atomic E-state index is 13.2. The van der Waals surface area contributed by atoms with Gasteiger partial charge in [-0.1, -0.05) is 61.5 Å². The Hall–Kier alpha value is -3.37. The van der Waals surface area contributed by atoms with E-state index in [4.69, 9.17) is 9.47 Å². The Balaban J connectivity index is 1.47. The van der Waals surface area contributed by atoms with E-state index in [1.807, 2.05) is 37.3 Å². The lowest BCUT2D eigenvalue weighted by atomic mass is 9.97. The average Bonchev–Trinajstić information content (AvgIpc) is 3.16. The standard InChI is InChI=1S/C28H27NO3/c1-4-20-10-12-21(13-11-20)15-25-27(30)26-18(2)14-24-23(28(26)32-25)16-29(17-31-24)19(3)22-8-6-5-7-9-22/h5-15,19H,4,16-17H2,1-3H3/b25-15-. The Morgan fingerprint density at radius 2 is 1.84 bits per heavy atom. The van der Waals surface area contributed by atoms with Gasteiger partial charge in [0, 0.05) is 12.6 Å². The summed E-state index contributed by atoms with van der Waals surface area (Å²) in [4.78, 5) is 15.5. The van der Waals surface area contributed by atoms with Gasteiger partial charge >= 0.3 is 0 Å². The molecule has 0 N–H and O–H groups in total. The van der Waals surface area contributed by atoms with Gasteiger partial charge in [-0.25, -0.2) is 0 Å². The third-order valence-corrected chi connectivity index (χ3v) is 6.47. The summed E-state index contributed by atoms with van der Waals surface area (Å²) in [7, 11) is 0. The molecule has 0 saturated heterocycles. The molecule has 2 aliphatic heterocycles. The first-order valence-electron chi connectivity index (χ1n) is 11.2. The summed E-state index contributed by atoms with van der Waals surface area (Å²) >= 11 is 0. The number of carbonyl (C=O) groups is 1. The number of benzene rings is 3. The lowest BCUT2D eigenvalue weighted by Crippen LogP contribution is -2.34. The summed E-state index contributed by atoms with van der Waals surface area (Å²) in [5, 5.41) is 0. The number of hydrogen-bond donors (Lipinski definition) is 0. The van der Waals surface area contributed by atoms with E-state index in [-0.39, 0.29) is 11.8 Å². The highest BCUT2D eigenvalue weighted by molar-refractivity contribution is 6.15. The molecule has 2 aliphatic rings. The topological polar surface area (TPSA) is 38.8 Å². The van der Waals surface area contributed by atoms with Crippen molar-refractivity contribution in [1.29, 1.82) is 0 Å². The van der Waals surface area contributed by atoms with Crippen molar-refractivity contribution in [2.24, 2.45) is 0 Å². The van der Waals surface area contributed by atoms with Crippen molar-refractivity contribution in [3.8, 4) is 11.5 Å². The summed E-state index contributed by atoms with van der Waals surface area (Å²) in [5.41, 5.74) is 5.94. The van der Waals surface area contributed by atoms with Crippen LogP contribution in [0.25, 0.3) is 6.08 Å². The largest absolute Gasteiger partial charge is 0.478 e. The molecule has 3 aromatic rings. The van der Waals surface area contributed by atoms with E-state index in [1.165, 1.54) is 11.1 Å². The van der Waals surface area contributed by atoms with E-state index in [0.29, 0.717) is 30.3 Å². The van der Waals surface area contributed by atoms with Crippen LogP contribution < -0.4 is 9.47 Å². The van der Waals surface area contributed by atoms with Crippen LogP contribution in [-0.2, 0) is 13.0 Å². The van der Waals surface area contributed by atoms with Gasteiger partial charge in [-0.3, -0.25) is 9.69 Å². The van der Waals surface area contributed by atoms with E-state index in [2.05, 4.69) is 55.1 Å². The quantitative estimate of drug-likeness (QED) is 0.475. The molecule has 1 unspecified atom stereocenters. The molecule has 2 heterocycles. The molecule has 3 aromatic carbocycles. The monoisotopic (exact) mass is 425 g/mol. The van der Waals surface area contributed by atoms with Crippen molar-refractivity contribution in [2.75, 3.05) is 6.73 Å². The van der Waals surface area contributed by atoms with Gasteiger partial charge in [-0.15, -0.1) is 0 Å². The minimum atomic E-state index is -0.0619. The van der Waals surface area contributed by atoms with E-state index < -0.39 is 0 Å². The van der Waals surface area contributed by atoms with E-state index in [0.717, 1.165) is 28.9 Å². The Morgan fingerprint density at radius 1 is 1.09 bits per heavy atom. The van der Waals surface area contributed by atoms with Gasteiger partial charge in [0.2, 0.25) is 5.78 Å². The van der Waals surface area contributed by atoms with Crippen LogP contribution in [-0.4, -0.2) is 17.4 Å². The zero-order valence-electron chi connectivity index (χ0n) is 18.7. The smallest absolute Gasteiger partial charge is 0.232 e. The number of rotatable bonds is 4.